The van der Waals surface area contributed by atoms with Gasteiger partial charge in [-0.15, -0.1) is 0 Å². The first-order valence-electron chi connectivity index (χ1n) is 3.16. The zero-order valence-electron chi connectivity index (χ0n) is 6.14. The van der Waals surface area contributed by atoms with Crippen molar-refractivity contribution in [2.45, 2.75) is 0 Å². The number of rotatable bonds is 1. The van der Waals surface area contributed by atoms with Gasteiger partial charge in [-0.2, -0.15) is 5.26 Å². The van der Waals surface area contributed by atoms with E-state index in [1.54, 1.807) is 6.07 Å². The molecule has 5 heteroatoms. The van der Waals surface area contributed by atoms with Crippen molar-refractivity contribution in [1.29, 1.82) is 5.26 Å². The Morgan fingerprint density at radius 2 is 2.23 bits per heavy atom. The van der Waals surface area contributed by atoms with Crippen LogP contribution in [0.15, 0.2) is 12.1 Å². The van der Waals surface area contributed by atoms with Crippen LogP contribution in [0.5, 0.6) is 0 Å². The lowest BCUT2D eigenvalue weighted by Crippen LogP contribution is -2.00. The maximum Gasteiger partial charge on any atom is 0.254 e. The molecule has 0 aliphatic carbocycles. The molecule has 66 valence electrons. The van der Waals surface area contributed by atoms with E-state index in [1.165, 1.54) is 6.07 Å². The highest BCUT2D eigenvalue weighted by atomic mass is 127. The average molecular weight is 309 g/mol. The molecule has 0 aliphatic heterocycles. The minimum atomic E-state index is -0.819. The molecule has 1 aromatic carbocycles. The SMILES string of the molecule is N#Cc1c(F)ccc(I)c1C(=O)Cl. The fraction of sp³-hybridized carbons (Fsp3) is 0. The van der Waals surface area contributed by atoms with Crippen LogP contribution in [0.1, 0.15) is 15.9 Å². The number of hydrogen-bond donors (Lipinski definition) is 0. The Morgan fingerprint density at radius 3 is 2.62 bits per heavy atom. The lowest BCUT2D eigenvalue weighted by Gasteiger charge is -2.01. The van der Waals surface area contributed by atoms with Crippen molar-refractivity contribution in [1.82, 2.24) is 0 Å². The first kappa shape index (κ1) is 10.4. The zero-order chi connectivity index (χ0) is 10.0. The molecule has 0 saturated carbocycles. The summed E-state index contributed by atoms with van der Waals surface area (Å²) in [5.41, 5.74) is -0.364. The lowest BCUT2D eigenvalue weighted by atomic mass is 10.1. The van der Waals surface area contributed by atoms with Gasteiger partial charge in [0.15, 0.2) is 0 Å². The monoisotopic (exact) mass is 309 g/mol. The van der Waals surface area contributed by atoms with E-state index < -0.39 is 11.1 Å². The van der Waals surface area contributed by atoms with Crippen molar-refractivity contribution < 1.29 is 9.18 Å². The van der Waals surface area contributed by atoms with Gasteiger partial charge in [0.1, 0.15) is 17.4 Å². The highest BCUT2D eigenvalue weighted by molar-refractivity contribution is 14.1. The molecule has 0 aliphatic rings. The van der Waals surface area contributed by atoms with Crippen molar-refractivity contribution in [3.05, 3.63) is 32.6 Å². The van der Waals surface area contributed by atoms with Gasteiger partial charge in [0, 0.05) is 3.57 Å². The van der Waals surface area contributed by atoms with E-state index in [9.17, 15) is 9.18 Å². The molecule has 0 N–H and O–H groups in total. The smallest absolute Gasteiger partial charge is 0.254 e. The summed E-state index contributed by atoms with van der Waals surface area (Å²) in [5.74, 6) is -0.730. The Labute approximate surface area is 92.4 Å². The second-order valence-electron chi connectivity index (χ2n) is 2.16. The van der Waals surface area contributed by atoms with Crippen LogP contribution >= 0.6 is 34.2 Å². The van der Waals surface area contributed by atoms with Gasteiger partial charge in [-0.05, 0) is 46.3 Å². The molecular weight excluding hydrogens is 307 g/mol. The van der Waals surface area contributed by atoms with E-state index in [4.69, 9.17) is 16.9 Å². The zero-order valence-corrected chi connectivity index (χ0v) is 9.06. The Morgan fingerprint density at radius 1 is 1.62 bits per heavy atom. The third kappa shape index (κ3) is 1.98. The van der Waals surface area contributed by atoms with Crippen LogP contribution in [0.4, 0.5) is 4.39 Å². The summed E-state index contributed by atoms with van der Waals surface area (Å²) >= 11 is 7.02. The molecule has 1 aromatic rings. The first-order valence-corrected chi connectivity index (χ1v) is 4.61. The van der Waals surface area contributed by atoms with E-state index in [0.717, 1.165) is 6.07 Å². The molecule has 2 nitrogen and oxygen atoms in total. The number of benzene rings is 1. The van der Waals surface area contributed by atoms with Crippen LogP contribution in [-0.4, -0.2) is 5.24 Å². The predicted molar refractivity (Wildman–Crippen MR) is 54.0 cm³/mol. The molecule has 0 atom stereocenters. The maximum atomic E-state index is 13.0. The molecule has 0 aromatic heterocycles. The van der Waals surface area contributed by atoms with Crippen molar-refractivity contribution in [2.24, 2.45) is 0 Å². The number of nitrogens with zero attached hydrogens (tertiary/aromatic N) is 1. The molecule has 0 saturated heterocycles. The average Bonchev–Trinajstić information content (AvgIpc) is 2.07. The standard InChI is InChI=1S/C8H2ClFINO/c9-8(13)7-4(3-12)5(10)1-2-6(7)11/h1-2H. The van der Waals surface area contributed by atoms with Gasteiger partial charge in [0.05, 0.1) is 5.56 Å². The molecular formula is C8H2ClFINO. The summed E-state index contributed by atoms with van der Waals surface area (Å²) in [5, 5.41) is 7.75. The van der Waals surface area contributed by atoms with Gasteiger partial charge in [-0.3, -0.25) is 4.79 Å². The van der Waals surface area contributed by atoms with Crippen molar-refractivity contribution in [3.63, 3.8) is 0 Å². The number of nitriles is 1. The summed E-state index contributed by atoms with van der Waals surface area (Å²) in [7, 11) is 0. The molecule has 0 radical (unpaired) electrons. The van der Waals surface area contributed by atoms with E-state index in [0.29, 0.717) is 3.57 Å². The third-order valence-electron chi connectivity index (χ3n) is 1.41. The van der Waals surface area contributed by atoms with Gasteiger partial charge in [-0.1, -0.05) is 0 Å². The van der Waals surface area contributed by atoms with Crippen LogP contribution in [0, 0.1) is 20.7 Å². The molecule has 1 rings (SSSR count). The van der Waals surface area contributed by atoms with Gasteiger partial charge in [-0.25, -0.2) is 4.39 Å². The minimum absolute atomic E-state index is 0.0650. The second kappa shape index (κ2) is 4.03. The van der Waals surface area contributed by atoms with Crippen LogP contribution in [-0.2, 0) is 0 Å². The summed E-state index contributed by atoms with van der Waals surface area (Å²) in [4.78, 5) is 10.8. The van der Waals surface area contributed by atoms with E-state index >= 15 is 0 Å². The molecule has 0 bridgehead atoms. The molecule has 0 fully saturated rings. The van der Waals surface area contributed by atoms with Crippen molar-refractivity contribution >= 4 is 39.4 Å². The molecule has 13 heavy (non-hydrogen) atoms. The van der Waals surface area contributed by atoms with E-state index in [1.807, 2.05) is 22.6 Å². The highest BCUT2D eigenvalue weighted by Gasteiger charge is 2.16. The normalized spacial score (nSPS) is 9.38. The summed E-state index contributed by atoms with van der Waals surface area (Å²) in [6.45, 7) is 0. The molecule has 0 amide bonds. The van der Waals surface area contributed by atoms with E-state index in [2.05, 4.69) is 0 Å². The quantitative estimate of drug-likeness (QED) is 0.591. The highest BCUT2D eigenvalue weighted by Crippen LogP contribution is 2.21. The van der Waals surface area contributed by atoms with Gasteiger partial charge < -0.3 is 0 Å². The summed E-state index contributed by atoms with van der Waals surface area (Å²) in [6, 6.07) is 4.12. The fourth-order valence-electron chi connectivity index (χ4n) is 0.853. The number of carbonyl (C=O) groups is 1. The lowest BCUT2D eigenvalue weighted by molar-refractivity contribution is 0.108. The Kier molecular flexibility index (Phi) is 3.22. The Balaban J connectivity index is 3.55. The van der Waals surface area contributed by atoms with Gasteiger partial charge in [0.25, 0.3) is 5.24 Å². The number of hydrogen-bond acceptors (Lipinski definition) is 2. The largest absolute Gasteiger partial charge is 0.276 e. The summed E-state index contributed by atoms with van der Waals surface area (Å²) in [6.07, 6.45) is 0. The van der Waals surface area contributed by atoms with Crippen molar-refractivity contribution in [3.8, 4) is 6.07 Å². The number of halogens is 3. The van der Waals surface area contributed by atoms with Crippen LogP contribution in [0.3, 0.4) is 0 Å². The van der Waals surface area contributed by atoms with E-state index in [-0.39, 0.29) is 11.1 Å². The third-order valence-corrected chi connectivity index (χ3v) is 2.50. The Bertz CT molecular complexity index is 413. The van der Waals surface area contributed by atoms with Crippen molar-refractivity contribution in [2.75, 3.05) is 0 Å². The summed E-state index contributed by atoms with van der Waals surface area (Å²) < 4.78 is 13.4. The van der Waals surface area contributed by atoms with Crippen LogP contribution < -0.4 is 0 Å². The Hall–Kier alpha value is -0.670. The topological polar surface area (TPSA) is 40.9 Å². The van der Waals surface area contributed by atoms with Crippen LogP contribution in [0.2, 0.25) is 0 Å². The molecule has 0 unspecified atom stereocenters. The maximum absolute atomic E-state index is 13.0. The molecule has 0 heterocycles. The fourth-order valence-corrected chi connectivity index (χ4v) is 1.90. The number of carbonyl (C=O) groups excluding carboxylic acids is 1. The minimum Gasteiger partial charge on any atom is -0.276 e. The van der Waals surface area contributed by atoms with Gasteiger partial charge >= 0.3 is 0 Å². The van der Waals surface area contributed by atoms with Gasteiger partial charge in [0.2, 0.25) is 0 Å². The first-order chi connectivity index (χ1) is 6.07. The van der Waals surface area contributed by atoms with Crippen LogP contribution in [0.25, 0.3) is 0 Å². The predicted octanol–water partition coefficient (Wildman–Crippen LogP) is 2.68. The molecule has 0 spiro atoms. The second-order valence-corrected chi connectivity index (χ2v) is 3.67.